The molecule has 0 bridgehead atoms. The molecule has 12 nitrogen and oxygen atoms in total. The Morgan fingerprint density at radius 2 is 1.90 bits per heavy atom. The lowest BCUT2D eigenvalue weighted by Gasteiger charge is -2.18. The van der Waals surface area contributed by atoms with Gasteiger partial charge in [0.1, 0.15) is 23.5 Å². The minimum absolute atomic E-state index is 0.0715. The summed E-state index contributed by atoms with van der Waals surface area (Å²) in [5.74, 6) is -5.63. The summed E-state index contributed by atoms with van der Waals surface area (Å²) in [4.78, 5) is 21.9. The van der Waals surface area contributed by atoms with Gasteiger partial charge in [0.25, 0.3) is 11.8 Å². The van der Waals surface area contributed by atoms with Crippen LogP contribution in [0.15, 0.2) is 47.5 Å². The Morgan fingerprint density at radius 1 is 1.15 bits per heavy atom. The van der Waals surface area contributed by atoms with Crippen molar-refractivity contribution < 1.29 is 32.9 Å². The maximum atomic E-state index is 15.7. The molecule has 2 aromatic carbocycles. The van der Waals surface area contributed by atoms with Crippen LogP contribution in [0.2, 0.25) is 0 Å². The highest BCUT2D eigenvalue weighted by Crippen LogP contribution is 2.40. The second kappa shape index (κ2) is 11.3. The average molecular weight is 568 g/mol. The molecule has 2 aliphatic rings. The molecule has 2 atom stereocenters. The van der Waals surface area contributed by atoms with Gasteiger partial charge < -0.3 is 41.0 Å². The van der Waals surface area contributed by atoms with Gasteiger partial charge in [-0.15, -0.1) is 0 Å². The van der Waals surface area contributed by atoms with E-state index in [1.807, 2.05) is 18.0 Å². The quantitative estimate of drug-likeness (QED) is 0.191. The fourth-order valence-corrected chi connectivity index (χ4v) is 4.42. The second-order valence-electron chi connectivity index (χ2n) is 9.47. The highest BCUT2D eigenvalue weighted by Gasteiger charge is 2.33. The first-order valence-electron chi connectivity index (χ1n) is 12.6. The molecule has 3 aromatic rings. The van der Waals surface area contributed by atoms with E-state index in [-0.39, 0.29) is 35.9 Å². The minimum atomic E-state index is -1.32. The van der Waals surface area contributed by atoms with E-state index < -0.39 is 52.9 Å². The van der Waals surface area contributed by atoms with Gasteiger partial charge in [-0.2, -0.15) is 13.8 Å². The van der Waals surface area contributed by atoms with E-state index in [1.165, 1.54) is 18.2 Å². The normalized spacial score (nSPS) is 18.2. The standard InChI is InChI=1S/C27H27F2N7O5/c1-36-8-7-33-25(36)14-3-2-4-15(9-14)40-26-20(28)22(39-16-11-17(24(32)38)34-12-16)21(29)27(35-26)41-19-10-13(23(30)31)5-6-18(19)37/h2-6,9-10,16-17,34,37H,7-8,11-12H2,1H3,(H3,30,31)(H2,32,38). The molecule has 0 aliphatic carbocycles. The van der Waals surface area contributed by atoms with E-state index >= 15 is 8.78 Å². The number of primary amides is 1. The number of carbonyl (C=O) groups is 1. The molecule has 1 saturated heterocycles. The molecule has 2 unspecified atom stereocenters. The summed E-state index contributed by atoms with van der Waals surface area (Å²) in [5, 5.41) is 20.7. The Bertz CT molecular complexity index is 1550. The molecular weight excluding hydrogens is 540 g/mol. The first kappa shape index (κ1) is 27.6. The Morgan fingerprint density at radius 3 is 2.56 bits per heavy atom. The molecule has 0 spiro atoms. The van der Waals surface area contributed by atoms with Crippen molar-refractivity contribution in [3.63, 3.8) is 0 Å². The van der Waals surface area contributed by atoms with Gasteiger partial charge in [0.05, 0.1) is 12.6 Å². The summed E-state index contributed by atoms with van der Waals surface area (Å²) in [6, 6.07) is 9.73. The molecule has 1 amide bonds. The van der Waals surface area contributed by atoms with Crippen LogP contribution >= 0.6 is 0 Å². The topological polar surface area (TPSA) is 181 Å². The molecule has 41 heavy (non-hydrogen) atoms. The summed E-state index contributed by atoms with van der Waals surface area (Å²) in [6.45, 7) is 1.48. The number of amidine groups is 2. The third-order valence-electron chi connectivity index (χ3n) is 6.54. The zero-order valence-corrected chi connectivity index (χ0v) is 21.9. The summed E-state index contributed by atoms with van der Waals surface area (Å²) >= 11 is 0. The van der Waals surface area contributed by atoms with E-state index in [1.54, 1.807) is 18.2 Å². The Kier molecular flexibility index (Phi) is 7.57. The van der Waals surface area contributed by atoms with E-state index in [0.29, 0.717) is 6.54 Å². The van der Waals surface area contributed by atoms with E-state index in [9.17, 15) is 9.90 Å². The smallest absolute Gasteiger partial charge is 0.263 e. The SMILES string of the molecule is CN1CCN=C1c1cccc(Oc2nc(Oc3cc(C(=N)N)ccc3O)c(F)c(OC3CNC(C(N)=O)C3)c2F)c1. The van der Waals surface area contributed by atoms with Crippen molar-refractivity contribution in [2.24, 2.45) is 16.5 Å². The van der Waals surface area contributed by atoms with Crippen LogP contribution in [0.3, 0.4) is 0 Å². The van der Waals surface area contributed by atoms with Gasteiger partial charge >= 0.3 is 0 Å². The molecule has 0 saturated carbocycles. The molecule has 0 radical (unpaired) electrons. The number of phenolic OH excluding ortho intramolecular Hbond substituents is 1. The first-order chi connectivity index (χ1) is 19.6. The monoisotopic (exact) mass is 567 g/mol. The number of rotatable bonds is 9. The minimum Gasteiger partial charge on any atom is -0.504 e. The van der Waals surface area contributed by atoms with Crippen LogP contribution in [0, 0.1) is 17.0 Å². The molecule has 1 fully saturated rings. The Labute approximate surface area is 233 Å². The van der Waals surface area contributed by atoms with Crippen LogP contribution in [0.25, 0.3) is 0 Å². The molecule has 14 heteroatoms. The van der Waals surface area contributed by atoms with Crippen LogP contribution in [0.5, 0.6) is 34.8 Å². The number of aromatic nitrogens is 1. The molecule has 1 aromatic heterocycles. The maximum Gasteiger partial charge on any atom is 0.263 e. The van der Waals surface area contributed by atoms with Crippen molar-refractivity contribution in [1.29, 1.82) is 5.41 Å². The van der Waals surface area contributed by atoms with Gasteiger partial charge in [-0.05, 0) is 30.3 Å². The van der Waals surface area contributed by atoms with E-state index in [0.717, 1.165) is 17.9 Å². The summed E-state index contributed by atoms with van der Waals surface area (Å²) in [7, 11) is 1.89. The lowest BCUT2D eigenvalue weighted by atomic mass is 10.2. The number of nitrogens with one attached hydrogen (secondary N) is 2. The fraction of sp³-hybridized carbons (Fsp3) is 0.259. The number of aliphatic imine (C=N–C) groups is 1. The number of halogens is 2. The van der Waals surface area contributed by atoms with Gasteiger partial charge in [-0.1, -0.05) is 12.1 Å². The summed E-state index contributed by atoms with van der Waals surface area (Å²) < 4.78 is 48.3. The van der Waals surface area contributed by atoms with Crippen molar-refractivity contribution in [2.45, 2.75) is 18.6 Å². The van der Waals surface area contributed by atoms with Gasteiger partial charge in [-0.3, -0.25) is 15.2 Å². The van der Waals surface area contributed by atoms with Gasteiger partial charge in [0.15, 0.2) is 11.5 Å². The predicted octanol–water partition coefficient (Wildman–Crippen LogP) is 2.22. The number of benzene rings is 2. The number of hydrogen-bond acceptors (Lipinski definition) is 10. The molecule has 5 rings (SSSR count). The van der Waals surface area contributed by atoms with E-state index in [2.05, 4.69) is 15.3 Å². The number of nitrogen functional groups attached to an aromatic ring is 1. The number of carbonyl (C=O) groups excluding carboxylic acids is 1. The van der Waals surface area contributed by atoms with Crippen LogP contribution in [-0.2, 0) is 4.79 Å². The molecule has 3 heterocycles. The first-order valence-corrected chi connectivity index (χ1v) is 12.6. The van der Waals surface area contributed by atoms with Crippen LogP contribution < -0.4 is 31.0 Å². The average Bonchev–Trinajstić information content (AvgIpc) is 3.59. The van der Waals surface area contributed by atoms with Gasteiger partial charge in [-0.25, -0.2) is 0 Å². The number of nitrogens with two attached hydrogens (primary N) is 2. The largest absolute Gasteiger partial charge is 0.504 e. The molecular formula is C27H27F2N7O5. The third-order valence-corrected chi connectivity index (χ3v) is 6.54. The van der Waals surface area contributed by atoms with Crippen LogP contribution in [0.4, 0.5) is 8.78 Å². The lowest BCUT2D eigenvalue weighted by molar-refractivity contribution is -0.119. The van der Waals surface area contributed by atoms with Crippen LogP contribution in [0.1, 0.15) is 17.5 Å². The third kappa shape index (κ3) is 5.82. The fourth-order valence-electron chi connectivity index (χ4n) is 4.42. The number of nitrogens with zero attached hydrogens (tertiary/aromatic N) is 3. The van der Waals surface area contributed by atoms with Gasteiger partial charge in [0, 0.05) is 37.7 Å². The summed E-state index contributed by atoms with van der Waals surface area (Å²) in [6.07, 6.45) is -0.740. The second-order valence-corrected chi connectivity index (χ2v) is 9.47. The van der Waals surface area contributed by atoms with Crippen molar-refractivity contribution in [3.05, 3.63) is 65.2 Å². The number of amides is 1. The molecule has 214 valence electrons. The van der Waals surface area contributed by atoms with Crippen molar-refractivity contribution in [1.82, 2.24) is 15.2 Å². The summed E-state index contributed by atoms with van der Waals surface area (Å²) in [5.41, 5.74) is 11.7. The number of ether oxygens (including phenoxy) is 3. The highest BCUT2D eigenvalue weighted by molar-refractivity contribution is 6.00. The van der Waals surface area contributed by atoms with Crippen LogP contribution in [-0.4, -0.2) is 71.4 Å². The number of likely N-dealkylation sites (N-methyl/N-ethyl adjacent to an activating group) is 1. The Balaban J connectivity index is 1.52. The van der Waals surface area contributed by atoms with Gasteiger partial charge in [0.2, 0.25) is 23.3 Å². The molecule has 2 aliphatic heterocycles. The number of hydrogen-bond donors (Lipinski definition) is 5. The predicted molar refractivity (Wildman–Crippen MR) is 144 cm³/mol. The number of aromatic hydroxyl groups is 1. The number of pyridine rings is 1. The van der Waals surface area contributed by atoms with Crippen molar-refractivity contribution in [2.75, 3.05) is 26.7 Å². The molecule has 7 N–H and O–H groups in total. The zero-order chi connectivity index (χ0) is 29.3. The van der Waals surface area contributed by atoms with E-state index in [4.69, 9.17) is 31.1 Å². The Hall–Kier alpha value is -4.98. The zero-order valence-electron chi connectivity index (χ0n) is 21.9. The number of phenols is 1. The maximum absolute atomic E-state index is 15.7. The van der Waals surface area contributed by atoms with Crippen molar-refractivity contribution >= 4 is 17.6 Å². The van der Waals surface area contributed by atoms with Crippen molar-refractivity contribution in [3.8, 4) is 34.8 Å². The highest BCUT2D eigenvalue weighted by atomic mass is 19.1. The lowest BCUT2D eigenvalue weighted by Crippen LogP contribution is -2.36.